The van der Waals surface area contributed by atoms with Crippen molar-refractivity contribution in [2.45, 2.75) is 51.2 Å². The van der Waals surface area contributed by atoms with Gasteiger partial charge in [0.1, 0.15) is 11.6 Å². The summed E-state index contributed by atoms with van der Waals surface area (Å²) < 4.78 is 32.4. The van der Waals surface area contributed by atoms with Gasteiger partial charge in [0.2, 0.25) is 0 Å². The molecule has 1 heterocycles. The van der Waals surface area contributed by atoms with Gasteiger partial charge in [0.15, 0.2) is 0 Å². The summed E-state index contributed by atoms with van der Waals surface area (Å²) in [6.07, 6.45) is 5.50. The lowest BCUT2D eigenvalue weighted by molar-refractivity contribution is 0.00856. The minimum absolute atomic E-state index is 0.0178. The zero-order valence-electron chi connectivity index (χ0n) is 12.0. The van der Waals surface area contributed by atoms with Gasteiger partial charge >= 0.3 is 0 Å². The molecule has 4 heteroatoms. The highest BCUT2D eigenvalue weighted by Gasteiger charge is 2.18. The van der Waals surface area contributed by atoms with E-state index in [0.29, 0.717) is 11.7 Å². The van der Waals surface area contributed by atoms with E-state index in [0.717, 1.165) is 44.9 Å². The molecule has 0 spiro atoms. The summed E-state index contributed by atoms with van der Waals surface area (Å²) in [6.45, 7) is 3.61. The third kappa shape index (κ3) is 4.53. The van der Waals surface area contributed by atoms with E-state index in [1.807, 2.05) is 6.92 Å². The Hall–Kier alpha value is -1.00. The van der Waals surface area contributed by atoms with Crippen LogP contribution in [0.25, 0.3) is 0 Å². The van der Waals surface area contributed by atoms with Gasteiger partial charge in [0, 0.05) is 18.7 Å². The van der Waals surface area contributed by atoms with Crippen LogP contribution in [0, 0.1) is 11.6 Å². The van der Waals surface area contributed by atoms with Crippen LogP contribution in [0.1, 0.15) is 50.6 Å². The standard InChI is InChI=1S/C16H23F2NO/c1-2-19-16(7-6-15-5-3-4-8-20-15)12-9-13(17)11-14(18)10-12/h9-11,15-16,19H,2-8H2,1H3. The van der Waals surface area contributed by atoms with Crippen LogP contribution in [0.3, 0.4) is 0 Å². The second kappa shape index (κ2) is 7.70. The first kappa shape index (κ1) is 15.4. The molecule has 1 aromatic carbocycles. The van der Waals surface area contributed by atoms with E-state index < -0.39 is 11.6 Å². The maximum absolute atomic E-state index is 13.3. The molecule has 0 radical (unpaired) electrons. The van der Waals surface area contributed by atoms with Crippen LogP contribution in [-0.2, 0) is 4.74 Å². The molecule has 20 heavy (non-hydrogen) atoms. The molecule has 1 N–H and O–H groups in total. The van der Waals surface area contributed by atoms with Gasteiger partial charge in [-0.1, -0.05) is 6.92 Å². The number of halogens is 2. The van der Waals surface area contributed by atoms with Crippen molar-refractivity contribution in [3.8, 4) is 0 Å². The molecule has 0 bridgehead atoms. The lowest BCUT2D eigenvalue weighted by atomic mass is 9.97. The number of ether oxygens (including phenoxy) is 1. The lowest BCUT2D eigenvalue weighted by Crippen LogP contribution is -2.25. The molecule has 0 aliphatic carbocycles. The maximum atomic E-state index is 13.3. The van der Waals surface area contributed by atoms with Crippen molar-refractivity contribution in [3.05, 3.63) is 35.4 Å². The smallest absolute Gasteiger partial charge is 0.126 e. The summed E-state index contributed by atoms with van der Waals surface area (Å²) in [7, 11) is 0. The molecule has 2 atom stereocenters. The van der Waals surface area contributed by atoms with Crippen molar-refractivity contribution in [2.24, 2.45) is 0 Å². The van der Waals surface area contributed by atoms with Gasteiger partial charge in [-0.25, -0.2) is 8.78 Å². The Morgan fingerprint density at radius 2 is 2.00 bits per heavy atom. The second-order valence-electron chi connectivity index (χ2n) is 5.38. The lowest BCUT2D eigenvalue weighted by Gasteiger charge is -2.25. The van der Waals surface area contributed by atoms with Gasteiger partial charge < -0.3 is 10.1 Å². The highest BCUT2D eigenvalue weighted by molar-refractivity contribution is 5.21. The molecule has 112 valence electrons. The molecular formula is C16H23F2NO. The number of benzene rings is 1. The van der Waals surface area contributed by atoms with Gasteiger partial charge in [-0.05, 0) is 56.3 Å². The molecule has 2 rings (SSSR count). The largest absolute Gasteiger partial charge is 0.378 e. The zero-order chi connectivity index (χ0) is 14.4. The minimum Gasteiger partial charge on any atom is -0.378 e. The fourth-order valence-electron chi connectivity index (χ4n) is 2.80. The molecule has 1 aliphatic rings. The van der Waals surface area contributed by atoms with Gasteiger partial charge in [-0.3, -0.25) is 0 Å². The molecule has 0 aromatic heterocycles. The van der Waals surface area contributed by atoms with E-state index >= 15 is 0 Å². The van der Waals surface area contributed by atoms with Crippen LogP contribution >= 0.6 is 0 Å². The van der Waals surface area contributed by atoms with E-state index in [2.05, 4.69) is 5.32 Å². The van der Waals surface area contributed by atoms with E-state index in [9.17, 15) is 8.78 Å². The molecule has 1 aliphatic heterocycles. The van der Waals surface area contributed by atoms with Crippen LogP contribution in [0.4, 0.5) is 8.78 Å². The quantitative estimate of drug-likeness (QED) is 0.853. The molecule has 0 amide bonds. The number of hydrogen-bond acceptors (Lipinski definition) is 2. The number of hydrogen-bond donors (Lipinski definition) is 1. The fourth-order valence-corrected chi connectivity index (χ4v) is 2.80. The van der Waals surface area contributed by atoms with E-state index in [4.69, 9.17) is 4.74 Å². The van der Waals surface area contributed by atoms with Gasteiger partial charge in [-0.2, -0.15) is 0 Å². The van der Waals surface area contributed by atoms with Crippen molar-refractivity contribution in [1.29, 1.82) is 0 Å². The Bertz CT molecular complexity index is 399. The Kier molecular flexibility index (Phi) is 5.92. The van der Waals surface area contributed by atoms with Gasteiger partial charge in [0.25, 0.3) is 0 Å². The first-order valence-corrected chi connectivity index (χ1v) is 7.50. The average molecular weight is 283 g/mol. The third-order valence-corrected chi connectivity index (χ3v) is 3.79. The third-order valence-electron chi connectivity index (χ3n) is 3.79. The predicted molar refractivity (Wildman–Crippen MR) is 75.6 cm³/mol. The van der Waals surface area contributed by atoms with Crippen molar-refractivity contribution < 1.29 is 13.5 Å². The van der Waals surface area contributed by atoms with Gasteiger partial charge in [0.05, 0.1) is 6.10 Å². The molecule has 1 aromatic rings. The molecular weight excluding hydrogens is 260 g/mol. The predicted octanol–water partition coefficient (Wildman–Crippen LogP) is 3.96. The molecule has 2 nitrogen and oxygen atoms in total. The SMILES string of the molecule is CCNC(CCC1CCCCO1)c1cc(F)cc(F)c1. The zero-order valence-corrected chi connectivity index (χ0v) is 12.0. The normalized spacial score (nSPS) is 20.9. The molecule has 0 saturated carbocycles. The highest BCUT2D eigenvalue weighted by Crippen LogP contribution is 2.25. The van der Waals surface area contributed by atoms with Gasteiger partial charge in [-0.15, -0.1) is 0 Å². The van der Waals surface area contributed by atoms with Crippen molar-refractivity contribution in [2.75, 3.05) is 13.2 Å². The summed E-state index contributed by atoms with van der Waals surface area (Å²) >= 11 is 0. The Morgan fingerprint density at radius 3 is 2.60 bits per heavy atom. The van der Waals surface area contributed by atoms with Crippen molar-refractivity contribution >= 4 is 0 Å². The van der Waals surface area contributed by atoms with E-state index in [1.165, 1.54) is 18.6 Å². The van der Waals surface area contributed by atoms with E-state index in [1.54, 1.807) is 0 Å². The minimum atomic E-state index is -0.517. The van der Waals surface area contributed by atoms with Crippen LogP contribution in [0.15, 0.2) is 18.2 Å². The molecule has 1 saturated heterocycles. The van der Waals surface area contributed by atoms with Crippen LogP contribution < -0.4 is 5.32 Å². The summed E-state index contributed by atoms with van der Waals surface area (Å²) in [6, 6.07) is 3.73. The second-order valence-corrected chi connectivity index (χ2v) is 5.38. The number of nitrogens with one attached hydrogen (secondary N) is 1. The van der Waals surface area contributed by atoms with Crippen LogP contribution in [0.2, 0.25) is 0 Å². The Morgan fingerprint density at radius 1 is 1.25 bits per heavy atom. The topological polar surface area (TPSA) is 21.3 Å². The number of rotatable bonds is 6. The first-order chi connectivity index (χ1) is 9.69. The van der Waals surface area contributed by atoms with Crippen molar-refractivity contribution in [3.63, 3.8) is 0 Å². The fraction of sp³-hybridized carbons (Fsp3) is 0.625. The van der Waals surface area contributed by atoms with Crippen LogP contribution in [0.5, 0.6) is 0 Å². The van der Waals surface area contributed by atoms with E-state index in [-0.39, 0.29) is 6.04 Å². The monoisotopic (exact) mass is 283 g/mol. The molecule has 2 unspecified atom stereocenters. The summed E-state index contributed by atoms with van der Waals surface area (Å²) in [5.74, 6) is -1.03. The van der Waals surface area contributed by atoms with Crippen molar-refractivity contribution in [1.82, 2.24) is 5.32 Å². The summed E-state index contributed by atoms with van der Waals surface area (Å²) in [5, 5.41) is 3.30. The maximum Gasteiger partial charge on any atom is 0.126 e. The highest BCUT2D eigenvalue weighted by atomic mass is 19.1. The van der Waals surface area contributed by atoms with Crippen LogP contribution in [-0.4, -0.2) is 19.3 Å². The Labute approximate surface area is 119 Å². The summed E-state index contributed by atoms with van der Waals surface area (Å²) in [5.41, 5.74) is 0.681. The summed E-state index contributed by atoms with van der Waals surface area (Å²) in [4.78, 5) is 0. The Balaban J connectivity index is 1.98. The average Bonchev–Trinajstić information content (AvgIpc) is 2.43. The molecule has 1 fully saturated rings. The first-order valence-electron chi connectivity index (χ1n) is 7.50.